The molecule has 1 fully saturated rings. The van der Waals surface area contributed by atoms with Gasteiger partial charge >= 0.3 is 0 Å². The van der Waals surface area contributed by atoms with E-state index < -0.39 is 18.2 Å². The zero-order chi connectivity index (χ0) is 25.7. The Hall–Kier alpha value is -4.03. The predicted octanol–water partition coefficient (Wildman–Crippen LogP) is 3.39. The molecule has 6 rings (SSSR count). The molecule has 3 aromatic heterocycles. The Balaban J connectivity index is 1.33. The molecule has 0 unspecified atom stereocenters. The number of halogens is 3. The molecule has 0 radical (unpaired) electrons. The normalized spacial score (nSPS) is 19.3. The van der Waals surface area contributed by atoms with Gasteiger partial charge in [0.25, 0.3) is 0 Å². The number of carbonyl (C=O) groups excluding carboxylic acids is 1. The molecule has 2 aliphatic heterocycles. The number of fused-ring (bicyclic) bond motifs is 1. The van der Waals surface area contributed by atoms with Crippen molar-refractivity contribution in [2.24, 2.45) is 0 Å². The number of aromatic amines is 1. The summed E-state index contributed by atoms with van der Waals surface area (Å²) in [6.07, 6.45) is 7.37. The number of pyridine rings is 1. The fourth-order valence-electron chi connectivity index (χ4n) is 5.15. The number of nitrogens with one attached hydrogen (secondary N) is 1. The maximum atomic E-state index is 15.3. The van der Waals surface area contributed by atoms with Gasteiger partial charge in [-0.15, -0.1) is 5.10 Å². The zero-order valence-electron chi connectivity index (χ0n) is 19.1. The number of H-pyrrole nitrogens is 1. The van der Waals surface area contributed by atoms with Gasteiger partial charge in [-0.25, -0.2) is 13.8 Å². The lowest BCUT2D eigenvalue weighted by Crippen LogP contribution is -2.39. The maximum absolute atomic E-state index is 15.3. The summed E-state index contributed by atoms with van der Waals surface area (Å²) in [6.45, 7) is -0.524. The molecule has 5 heterocycles. The van der Waals surface area contributed by atoms with Crippen LogP contribution in [-0.4, -0.2) is 57.1 Å². The molecule has 2 N–H and O–H groups in total. The quantitative estimate of drug-likeness (QED) is 0.410. The molecule has 1 saturated heterocycles. The van der Waals surface area contributed by atoms with Crippen LogP contribution in [0.2, 0.25) is 5.02 Å². The Morgan fingerprint density at radius 1 is 1.16 bits per heavy atom. The molecule has 10 nitrogen and oxygen atoms in total. The van der Waals surface area contributed by atoms with Crippen LogP contribution in [-0.2, 0) is 11.4 Å². The standard InChI is InChI=1S/C24H19ClF2N8O2/c25-15-2-4-18(34-11-30-32-33-34)21(23(15)27)12-7-13-1-3-19(35(13)20(37)8-12)24-29-9-16(31-24)14-5-6-28-17(10-36)22(14)26/h2,4-6,8-9,11,13,19,36H,1,3,7,10H2,(H,29,31)/t13-,19-/m0/s1. The Bertz CT molecular complexity index is 1540. The third kappa shape index (κ3) is 3.89. The highest BCUT2D eigenvalue weighted by atomic mass is 35.5. The number of amides is 1. The Morgan fingerprint density at radius 3 is 2.81 bits per heavy atom. The van der Waals surface area contributed by atoms with Gasteiger partial charge in [0, 0.05) is 29.4 Å². The number of aliphatic hydroxyl groups is 1. The van der Waals surface area contributed by atoms with Gasteiger partial charge in [-0.2, -0.15) is 4.68 Å². The maximum Gasteiger partial charge on any atom is 0.247 e. The average molecular weight is 525 g/mol. The molecular weight excluding hydrogens is 506 g/mol. The van der Waals surface area contributed by atoms with Crippen molar-refractivity contribution in [3.05, 3.63) is 76.7 Å². The second-order valence-electron chi connectivity index (χ2n) is 8.84. The monoisotopic (exact) mass is 524 g/mol. The first-order valence-electron chi connectivity index (χ1n) is 11.5. The van der Waals surface area contributed by atoms with Crippen LogP contribution < -0.4 is 0 Å². The summed E-state index contributed by atoms with van der Waals surface area (Å²) in [7, 11) is 0. The number of imidazole rings is 1. The summed E-state index contributed by atoms with van der Waals surface area (Å²) in [4.78, 5) is 26.5. The number of aliphatic hydroxyl groups excluding tert-OH is 1. The molecule has 188 valence electrons. The van der Waals surface area contributed by atoms with Crippen LogP contribution in [0.4, 0.5) is 8.78 Å². The van der Waals surface area contributed by atoms with Crippen LogP contribution in [0, 0.1) is 11.6 Å². The highest BCUT2D eigenvalue weighted by Gasteiger charge is 2.42. The van der Waals surface area contributed by atoms with Crippen LogP contribution in [0.5, 0.6) is 0 Å². The third-order valence-corrected chi connectivity index (χ3v) is 7.10. The smallest absolute Gasteiger partial charge is 0.247 e. The Labute approximate surface area is 213 Å². The van der Waals surface area contributed by atoms with E-state index >= 15 is 4.39 Å². The van der Waals surface area contributed by atoms with Gasteiger partial charge in [0.15, 0.2) is 11.6 Å². The molecule has 13 heteroatoms. The molecule has 2 aliphatic rings. The second-order valence-corrected chi connectivity index (χ2v) is 9.24. The number of benzene rings is 1. The molecule has 4 aromatic rings. The molecule has 0 bridgehead atoms. The van der Waals surface area contributed by atoms with E-state index in [1.54, 1.807) is 11.0 Å². The lowest BCUT2D eigenvalue weighted by atomic mass is 9.92. The van der Waals surface area contributed by atoms with E-state index in [2.05, 4.69) is 30.5 Å². The molecule has 0 saturated carbocycles. The fourth-order valence-corrected chi connectivity index (χ4v) is 5.31. The zero-order valence-corrected chi connectivity index (χ0v) is 19.9. The van der Waals surface area contributed by atoms with Gasteiger partial charge in [0.2, 0.25) is 5.91 Å². The number of hydrogen-bond acceptors (Lipinski definition) is 7. The number of tetrazole rings is 1. The summed E-state index contributed by atoms with van der Waals surface area (Å²) in [5.41, 5.74) is 1.66. The number of rotatable bonds is 5. The molecular formula is C24H19ClF2N8O2. The van der Waals surface area contributed by atoms with Gasteiger partial charge in [-0.3, -0.25) is 9.78 Å². The fraction of sp³-hybridized carbons (Fsp3) is 0.250. The van der Waals surface area contributed by atoms with Gasteiger partial charge in [0.05, 0.1) is 35.2 Å². The van der Waals surface area contributed by atoms with Gasteiger partial charge in [-0.05, 0) is 53.5 Å². The van der Waals surface area contributed by atoms with E-state index in [9.17, 15) is 14.3 Å². The van der Waals surface area contributed by atoms with E-state index in [0.29, 0.717) is 42.0 Å². The molecule has 0 spiro atoms. The number of carbonyl (C=O) groups is 1. The van der Waals surface area contributed by atoms with Crippen LogP contribution in [0.15, 0.2) is 43.0 Å². The molecule has 2 atom stereocenters. The van der Waals surface area contributed by atoms with E-state index in [0.717, 1.165) is 0 Å². The van der Waals surface area contributed by atoms with E-state index in [-0.39, 0.29) is 39.8 Å². The van der Waals surface area contributed by atoms with Crippen LogP contribution in [0.25, 0.3) is 22.5 Å². The minimum absolute atomic E-state index is 0.0623. The lowest BCUT2D eigenvalue weighted by Gasteiger charge is -2.33. The number of aromatic nitrogens is 7. The van der Waals surface area contributed by atoms with E-state index in [4.69, 9.17) is 11.6 Å². The van der Waals surface area contributed by atoms with Crippen molar-refractivity contribution in [2.45, 2.75) is 38.0 Å². The van der Waals surface area contributed by atoms with Crippen molar-refractivity contribution in [1.29, 1.82) is 0 Å². The van der Waals surface area contributed by atoms with Crippen molar-refractivity contribution in [3.63, 3.8) is 0 Å². The van der Waals surface area contributed by atoms with Crippen molar-refractivity contribution in [2.75, 3.05) is 0 Å². The first kappa shape index (κ1) is 23.4. The number of nitrogens with zero attached hydrogens (tertiary/aromatic N) is 7. The lowest BCUT2D eigenvalue weighted by molar-refractivity contribution is -0.129. The Morgan fingerprint density at radius 2 is 2.03 bits per heavy atom. The minimum Gasteiger partial charge on any atom is -0.390 e. The SMILES string of the molecule is O=C1C=C(c2c(-n3cnnn3)ccc(Cl)c2F)C[C@@H]2CC[C@@H](c3ncc(-c4ccnc(CO)c4F)[nH]3)N12. The van der Waals surface area contributed by atoms with E-state index in [1.807, 2.05) is 0 Å². The number of hydrogen-bond donors (Lipinski definition) is 2. The van der Waals surface area contributed by atoms with Gasteiger partial charge in [-0.1, -0.05) is 11.6 Å². The summed E-state index contributed by atoms with van der Waals surface area (Å²) < 4.78 is 31.3. The summed E-state index contributed by atoms with van der Waals surface area (Å²) >= 11 is 6.08. The molecule has 1 amide bonds. The second kappa shape index (κ2) is 9.12. The minimum atomic E-state index is -0.644. The molecule has 0 aliphatic carbocycles. The summed E-state index contributed by atoms with van der Waals surface area (Å²) in [5.74, 6) is -1.04. The van der Waals surface area contributed by atoms with Crippen molar-refractivity contribution in [3.8, 4) is 16.9 Å². The highest BCUT2D eigenvalue weighted by Crippen LogP contribution is 2.44. The average Bonchev–Trinajstić information content (AvgIpc) is 3.66. The van der Waals surface area contributed by atoms with Gasteiger partial charge in [0.1, 0.15) is 17.8 Å². The Kier molecular flexibility index (Phi) is 5.76. The van der Waals surface area contributed by atoms with Crippen molar-refractivity contribution < 1.29 is 18.7 Å². The third-order valence-electron chi connectivity index (χ3n) is 6.81. The van der Waals surface area contributed by atoms with Gasteiger partial charge < -0.3 is 15.0 Å². The van der Waals surface area contributed by atoms with Crippen LogP contribution >= 0.6 is 11.6 Å². The van der Waals surface area contributed by atoms with E-state index in [1.165, 1.54) is 41.6 Å². The largest absolute Gasteiger partial charge is 0.390 e. The summed E-state index contributed by atoms with van der Waals surface area (Å²) in [6, 6.07) is 3.98. The first-order valence-corrected chi connectivity index (χ1v) is 11.9. The highest BCUT2D eigenvalue weighted by molar-refractivity contribution is 6.31. The van der Waals surface area contributed by atoms with Crippen molar-refractivity contribution in [1.82, 2.24) is 40.1 Å². The first-order chi connectivity index (χ1) is 18.0. The summed E-state index contributed by atoms with van der Waals surface area (Å²) in [5, 5.41) is 20.3. The predicted molar refractivity (Wildman–Crippen MR) is 127 cm³/mol. The van der Waals surface area contributed by atoms with Crippen molar-refractivity contribution >= 4 is 23.1 Å². The molecule has 1 aromatic carbocycles. The topological polar surface area (TPSA) is 126 Å². The van der Waals surface area contributed by atoms with Crippen LogP contribution in [0.3, 0.4) is 0 Å². The van der Waals surface area contributed by atoms with Crippen LogP contribution in [0.1, 0.15) is 42.4 Å². The molecule has 37 heavy (non-hydrogen) atoms.